The van der Waals surface area contributed by atoms with Gasteiger partial charge in [0.25, 0.3) is 0 Å². The molecule has 0 aromatic heterocycles. The lowest BCUT2D eigenvalue weighted by Gasteiger charge is -2.26. The second kappa shape index (κ2) is 7.08. The summed E-state index contributed by atoms with van der Waals surface area (Å²) >= 11 is 0. The first-order valence-corrected chi connectivity index (χ1v) is 8.22. The minimum absolute atomic E-state index is 0.217. The van der Waals surface area contributed by atoms with Crippen LogP contribution < -0.4 is 0 Å². The number of aryl methyl sites for hydroxylation is 1. The summed E-state index contributed by atoms with van der Waals surface area (Å²) in [6.07, 6.45) is 3.80. The minimum Gasteiger partial charge on any atom is -0.391 e. The SMILES string of the molecule is CN1[C@H](CCc2ccccc2)C[C@@H](O)[C@@H]1Cc1ccccc1. The van der Waals surface area contributed by atoms with Crippen LogP contribution >= 0.6 is 0 Å². The van der Waals surface area contributed by atoms with Gasteiger partial charge in [0.1, 0.15) is 0 Å². The Morgan fingerprint density at radius 1 is 0.955 bits per heavy atom. The first-order chi connectivity index (χ1) is 10.7. The molecule has 2 nitrogen and oxygen atoms in total. The van der Waals surface area contributed by atoms with Crippen molar-refractivity contribution in [2.45, 2.75) is 43.9 Å². The highest BCUT2D eigenvalue weighted by Crippen LogP contribution is 2.28. The van der Waals surface area contributed by atoms with Crippen molar-refractivity contribution in [3.05, 3.63) is 71.8 Å². The van der Waals surface area contributed by atoms with Crippen LogP contribution in [-0.2, 0) is 12.8 Å². The lowest BCUT2D eigenvalue weighted by atomic mass is 10.0. The van der Waals surface area contributed by atoms with Crippen LogP contribution in [0, 0.1) is 0 Å². The molecule has 0 saturated carbocycles. The molecule has 0 radical (unpaired) electrons. The molecule has 3 rings (SSSR count). The maximum atomic E-state index is 10.4. The maximum Gasteiger partial charge on any atom is 0.0713 e. The van der Waals surface area contributed by atoms with Crippen molar-refractivity contribution in [3.8, 4) is 0 Å². The Morgan fingerprint density at radius 2 is 1.55 bits per heavy atom. The van der Waals surface area contributed by atoms with E-state index in [0.29, 0.717) is 6.04 Å². The van der Waals surface area contributed by atoms with E-state index in [1.165, 1.54) is 11.1 Å². The molecule has 3 atom stereocenters. The van der Waals surface area contributed by atoms with E-state index in [0.717, 1.165) is 25.7 Å². The molecular weight excluding hydrogens is 270 g/mol. The number of benzene rings is 2. The molecule has 2 aromatic carbocycles. The lowest BCUT2D eigenvalue weighted by Crippen LogP contribution is -2.37. The molecule has 1 fully saturated rings. The molecule has 0 bridgehead atoms. The Hall–Kier alpha value is -1.64. The van der Waals surface area contributed by atoms with Gasteiger partial charge in [0.15, 0.2) is 0 Å². The van der Waals surface area contributed by atoms with Gasteiger partial charge in [-0.2, -0.15) is 0 Å². The third-order valence-electron chi connectivity index (χ3n) is 4.95. The van der Waals surface area contributed by atoms with Gasteiger partial charge in [-0.25, -0.2) is 0 Å². The number of likely N-dealkylation sites (tertiary alicyclic amines) is 1. The van der Waals surface area contributed by atoms with Crippen LogP contribution in [0.25, 0.3) is 0 Å². The average molecular weight is 295 g/mol. The molecule has 116 valence electrons. The Bertz CT molecular complexity index is 569. The van der Waals surface area contributed by atoms with Gasteiger partial charge in [-0.05, 0) is 43.9 Å². The fourth-order valence-corrected chi connectivity index (χ4v) is 3.58. The normalized spacial score (nSPS) is 25.5. The molecular formula is C20H25NO. The average Bonchev–Trinajstić information content (AvgIpc) is 2.82. The fraction of sp³-hybridized carbons (Fsp3) is 0.400. The standard InChI is InChI=1S/C20H25NO/c1-21-18(13-12-16-8-4-2-5-9-16)15-20(22)19(21)14-17-10-6-3-7-11-17/h2-11,18-20,22H,12-15H2,1H3/t18-,19+,20-/m1/s1. The van der Waals surface area contributed by atoms with E-state index in [1.807, 2.05) is 6.07 Å². The van der Waals surface area contributed by atoms with Gasteiger partial charge in [0.05, 0.1) is 6.10 Å². The van der Waals surface area contributed by atoms with Crippen LogP contribution in [0.3, 0.4) is 0 Å². The molecule has 1 aliphatic rings. The highest BCUT2D eigenvalue weighted by Gasteiger charge is 2.37. The number of rotatable bonds is 5. The molecule has 2 heteroatoms. The fourth-order valence-electron chi connectivity index (χ4n) is 3.58. The summed E-state index contributed by atoms with van der Waals surface area (Å²) in [5.41, 5.74) is 2.69. The van der Waals surface area contributed by atoms with Crippen molar-refractivity contribution < 1.29 is 5.11 Å². The van der Waals surface area contributed by atoms with E-state index >= 15 is 0 Å². The lowest BCUT2D eigenvalue weighted by molar-refractivity contribution is 0.123. The van der Waals surface area contributed by atoms with Gasteiger partial charge in [-0.3, -0.25) is 4.90 Å². The highest BCUT2D eigenvalue weighted by molar-refractivity contribution is 5.18. The smallest absolute Gasteiger partial charge is 0.0713 e. The number of hydrogen-bond donors (Lipinski definition) is 1. The van der Waals surface area contributed by atoms with Gasteiger partial charge in [-0.15, -0.1) is 0 Å². The summed E-state index contributed by atoms with van der Waals surface area (Å²) in [5, 5.41) is 10.4. The molecule has 0 amide bonds. The van der Waals surface area contributed by atoms with E-state index in [9.17, 15) is 5.11 Å². The molecule has 2 aromatic rings. The van der Waals surface area contributed by atoms with Crippen molar-refractivity contribution in [3.63, 3.8) is 0 Å². The third kappa shape index (κ3) is 3.57. The quantitative estimate of drug-likeness (QED) is 0.915. The summed E-state index contributed by atoms with van der Waals surface area (Å²) in [5.74, 6) is 0. The van der Waals surface area contributed by atoms with Crippen LogP contribution in [-0.4, -0.2) is 35.2 Å². The van der Waals surface area contributed by atoms with Crippen molar-refractivity contribution in [1.82, 2.24) is 4.90 Å². The van der Waals surface area contributed by atoms with Crippen LogP contribution in [0.15, 0.2) is 60.7 Å². The zero-order chi connectivity index (χ0) is 15.4. The summed E-state index contributed by atoms with van der Waals surface area (Å²) < 4.78 is 0. The molecule has 0 spiro atoms. The van der Waals surface area contributed by atoms with Crippen molar-refractivity contribution >= 4 is 0 Å². The largest absolute Gasteiger partial charge is 0.391 e. The topological polar surface area (TPSA) is 23.5 Å². The molecule has 22 heavy (non-hydrogen) atoms. The van der Waals surface area contributed by atoms with Gasteiger partial charge in [-0.1, -0.05) is 60.7 Å². The Morgan fingerprint density at radius 3 is 2.18 bits per heavy atom. The number of likely N-dealkylation sites (N-methyl/N-ethyl adjacent to an activating group) is 1. The Labute approximate surface area is 133 Å². The van der Waals surface area contributed by atoms with Crippen LogP contribution in [0.5, 0.6) is 0 Å². The van der Waals surface area contributed by atoms with Crippen molar-refractivity contribution in [2.24, 2.45) is 0 Å². The summed E-state index contributed by atoms with van der Waals surface area (Å²) in [6, 6.07) is 21.8. The molecule has 0 aliphatic carbocycles. The molecule has 1 N–H and O–H groups in total. The molecule has 0 unspecified atom stereocenters. The monoisotopic (exact) mass is 295 g/mol. The minimum atomic E-state index is -0.217. The maximum absolute atomic E-state index is 10.4. The zero-order valence-electron chi connectivity index (χ0n) is 13.2. The third-order valence-corrected chi connectivity index (χ3v) is 4.95. The summed E-state index contributed by atoms with van der Waals surface area (Å²) in [7, 11) is 2.17. The zero-order valence-corrected chi connectivity index (χ0v) is 13.2. The van der Waals surface area contributed by atoms with Gasteiger partial charge in [0, 0.05) is 12.1 Å². The van der Waals surface area contributed by atoms with Crippen LogP contribution in [0.1, 0.15) is 24.0 Å². The van der Waals surface area contributed by atoms with Gasteiger partial charge < -0.3 is 5.11 Å². The van der Waals surface area contributed by atoms with E-state index in [1.54, 1.807) is 0 Å². The number of aliphatic hydroxyl groups excluding tert-OH is 1. The number of nitrogens with zero attached hydrogens (tertiary/aromatic N) is 1. The van der Waals surface area contributed by atoms with E-state index in [2.05, 4.69) is 66.5 Å². The molecule has 1 saturated heterocycles. The van der Waals surface area contributed by atoms with Gasteiger partial charge in [0.2, 0.25) is 0 Å². The Balaban J connectivity index is 1.59. The van der Waals surface area contributed by atoms with Gasteiger partial charge >= 0.3 is 0 Å². The van der Waals surface area contributed by atoms with Crippen LogP contribution in [0.4, 0.5) is 0 Å². The second-order valence-electron chi connectivity index (χ2n) is 6.40. The summed E-state index contributed by atoms with van der Waals surface area (Å²) in [6.45, 7) is 0. The van der Waals surface area contributed by atoms with E-state index in [-0.39, 0.29) is 12.1 Å². The first kappa shape index (κ1) is 15.3. The Kier molecular flexibility index (Phi) is 4.91. The number of hydrogen-bond acceptors (Lipinski definition) is 2. The molecule has 1 heterocycles. The van der Waals surface area contributed by atoms with Crippen molar-refractivity contribution in [1.29, 1.82) is 0 Å². The predicted octanol–water partition coefficient (Wildman–Crippen LogP) is 3.30. The number of aliphatic hydroxyl groups is 1. The van der Waals surface area contributed by atoms with E-state index < -0.39 is 0 Å². The first-order valence-electron chi connectivity index (χ1n) is 8.22. The summed E-state index contributed by atoms with van der Waals surface area (Å²) in [4.78, 5) is 2.39. The predicted molar refractivity (Wildman–Crippen MR) is 90.9 cm³/mol. The van der Waals surface area contributed by atoms with E-state index in [4.69, 9.17) is 0 Å². The second-order valence-corrected chi connectivity index (χ2v) is 6.40. The van der Waals surface area contributed by atoms with Crippen LogP contribution in [0.2, 0.25) is 0 Å². The highest BCUT2D eigenvalue weighted by atomic mass is 16.3. The van der Waals surface area contributed by atoms with Crippen molar-refractivity contribution in [2.75, 3.05) is 7.05 Å². The molecule has 1 aliphatic heterocycles.